The second-order valence-electron chi connectivity index (χ2n) is 5.61. The zero-order valence-electron chi connectivity index (χ0n) is 14.4. The normalized spacial score (nSPS) is 10.5. The van der Waals surface area contributed by atoms with Gasteiger partial charge in [0.25, 0.3) is 0 Å². The fraction of sp³-hybridized carbons (Fsp3) is 0.200. The van der Waals surface area contributed by atoms with Gasteiger partial charge in [-0.25, -0.2) is 14.4 Å². The molecule has 5 heteroatoms. The number of hydrogen-bond acceptors (Lipinski definition) is 4. The van der Waals surface area contributed by atoms with Crippen LogP contribution in [0, 0.1) is 5.82 Å². The van der Waals surface area contributed by atoms with Crippen molar-refractivity contribution in [2.75, 3.05) is 23.3 Å². The van der Waals surface area contributed by atoms with E-state index in [0.717, 1.165) is 30.2 Å². The maximum atomic E-state index is 13.1. The fourth-order valence-corrected chi connectivity index (χ4v) is 2.61. The average molecular weight is 336 g/mol. The van der Waals surface area contributed by atoms with Crippen LogP contribution in [0.4, 0.5) is 21.7 Å². The Morgan fingerprint density at radius 3 is 2.24 bits per heavy atom. The molecule has 0 aliphatic carbocycles. The molecule has 0 atom stereocenters. The summed E-state index contributed by atoms with van der Waals surface area (Å²) in [5, 5.41) is 3.24. The third kappa shape index (κ3) is 4.12. The van der Waals surface area contributed by atoms with Crippen LogP contribution in [-0.2, 0) is 0 Å². The molecular weight excluding hydrogens is 315 g/mol. The number of benzene rings is 2. The van der Waals surface area contributed by atoms with E-state index in [1.54, 1.807) is 12.1 Å². The first kappa shape index (κ1) is 16.9. The van der Waals surface area contributed by atoms with Crippen LogP contribution in [0.3, 0.4) is 0 Å². The fourth-order valence-electron chi connectivity index (χ4n) is 2.61. The molecule has 0 amide bonds. The van der Waals surface area contributed by atoms with Crippen molar-refractivity contribution >= 4 is 17.3 Å². The maximum absolute atomic E-state index is 13.1. The lowest BCUT2D eigenvalue weighted by atomic mass is 10.2. The second kappa shape index (κ2) is 7.75. The van der Waals surface area contributed by atoms with Crippen LogP contribution in [0.5, 0.6) is 0 Å². The standard InChI is InChI=1S/C20H21FN4/c1-3-25(4-2)19-14-18(22-17-12-10-16(21)11-13-17)23-20(24-19)15-8-6-5-7-9-15/h5-14H,3-4H2,1-2H3,(H,22,23,24). The second-order valence-corrected chi connectivity index (χ2v) is 5.61. The summed E-state index contributed by atoms with van der Waals surface area (Å²) in [5.74, 6) is 1.95. The van der Waals surface area contributed by atoms with E-state index in [4.69, 9.17) is 4.98 Å². The molecule has 0 saturated carbocycles. The molecule has 1 N–H and O–H groups in total. The minimum Gasteiger partial charge on any atom is -0.357 e. The third-order valence-electron chi connectivity index (χ3n) is 3.95. The number of rotatable bonds is 6. The molecule has 0 saturated heterocycles. The molecule has 1 heterocycles. The summed E-state index contributed by atoms with van der Waals surface area (Å²) in [5.41, 5.74) is 1.74. The predicted molar refractivity (Wildman–Crippen MR) is 101 cm³/mol. The largest absolute Gasteiger partial charge is 0.357 e. The van der Waals surface area contributed by atoms with Gasteiger partial charge in [0.05, 0.1) is 0 Å². The first-order valence-corrected chi connectivity index (χ1v) is 8.41. The number of nitrogens with one attached hydrogen (secondary N) is 1. The number of nitrogens with zero attached hydrogens (tertiary/aromatic N) is 3. The molecule has 0 aliphatic heterocycles. The Bertz CT molecular complexity index is 815. The molecule has 1 aromatic heterocycles. The van der Waals surface area contributed by atoms with Crippen molar-refractivity contribution in [3.05, 3.63) is 66.5 Å². The number of hydrogen-bond donors (Lipinski definition) is 1. The van der Waals surface area contributed by atoms with Gasteiger partial charge < -0.3 is 10.2 Å². The Morgan fingerprint density at radius 2 is 1.60 bits per heavy atom. The Morgan fingerprint density at radius 1 is 0.920 bits per heavy atom. The van der Waals surface area contributed by atoms with Crippen molar-refractivity contribution in [2.24, 2.45) is 0 Å². The molecule has 3 aromatic rings. The highest BCUT2D eigenvalue weighted by Crippen LogP contribution is 2.24. The number of anilines is 3. The lowest BCUT2D eigenvalue weighted by molar-refractivity contribution is 0.628. The van der Waals surface area contributed by atoms with Crippen LogP contribution >= 0.6 is 0 Å². The summed E-state index contributed by atoms with van der Waals surface area (Å²) in [7, 11) is 0. The number of halogens is 1. The predicted octanol–water partition coefficient (Wildman–Crippen LogP) is 4.87. The molecule has 3 rings (SSSR count). The minimum atomic E-state index is -0.262. The first-order chi connectivity index (χ1) is 12.2. The highest BCUT2D eigenvalue weighted by atomic mass is 19.1. The van der Waals surface area contributed by atoms with Crippen LogP contribution in [0.25, 0.3) is 11.4 Å². The Labute approximate surface area is 147 Å². The van der Waals surface area contributed by atoms with E-state index in [0.29, 0.717) is 11.6 Å². The van der Waals surface area contributed by atoms with Gasteiger partial charge in [0.15, 0.2) is 5.82 Å². The van der Waals surface area contributed by atoms with Gasteiger partial charge in [0, 0.05) is 30.4 Å². The summed E-state index contributed by atoms with van der Waals surface area (Å²) in [6, 6.07) is 18.0. The zero-order valence-corrected chi connectivity index (χ0v) is 14.4. The van der Waals surface area contributed by atoms with Crippen LogP contribution in [0.2, 0.25) is 0 Å². The van der Waals surface area contributed by atoms with Crippen LogP contribution < -0.4 is 10.2 Å². The summed E-state index contributed by atoms with van der Waals surface area (Å²) in [4.78, 5) is 11.5. The molecule has 128 valence electrons. The SMILES string of the molecule is CCN(CC)c1cc(Nc2ccc(F)cc2)nc(-c2ccccc2)n1. The molecule has 0 bridgehead atoms. The Balaban J connectivity index is 2.01. The molecule has 2 aromatic carbocycles. The van der Waals surface area contributed by atoms with Crippen molar-refractivity contribution in [1.29, 1.82) is 0 Å². The van der Waals surface area contributed by atoms with E-state index in [-0.39, 0.29) is 5.82 Å². The van der Waals surface area contributed by atoms with Crippen LogP contribution in [0.1, 0.15) is 13.8 Å². The van der Waals surface area contributed by atoms with Gasteiger partial charge in [-0.1, -0.05) is 30.3 Å². The molecule has 0 aliphatic rings. The maximum Gasteiger partial charge on any atom is 0.163 e. The summed E-state index contributed by atoms with van der Waals surface area (Å²) >= 11 is 0. The van der Waals surface area contributed by atoms with Gasteiger partial charge in [0.2, 0.25) is 0 Å². The summed E-state index contributed by atoms with van der Waals surface area (Å²) < 4.78 is 13.1. The number of aromatic nitrogens is 2. The van der Waals surface area contributed by atoms with E-state index in [1.165, 1.54) is 12.1 Å². The van der Waals surface area contributed by atoms with Gasteiger partial charge in [0.1, 0.15) is 17.5 Å². The van der Waals surface area contributed by atoms with E-state index in [2.05, 4.69) is 29.0 Å². The molecule has 25 heavy (non-hydrogen) atoms. The monoisotopic (exact) mass is 336 g/mol. The summed E-state index contributed by atoms with van der Waals surface area (Å²) in [6.45, 7) is 5.91. The smallest absolute Gasteiger partial charge is 0.163 e. The van der Waals surface area contributed by atoms with Crippen LogP contribution in [0.15, 0.2) is 60.7 Å². The topological polar surface area (TPSA) is 41.0 Å². The van der Waals surface area contributed by atoms with Gasteiger partial charge in [-0.2, -0.15) is 0 Å². The van der Waals surface area contributed by atoms with E-state index in [1.807, 2.05) is 36.4 Å². The van der Waals surface area contributed by atoms with Crippen molar-refractivity contribution in [3.63, 3.8) is 0 Å². The van der Waals surface area contributed by atoms with Crippen molar-refractivity contribution in [3.8, 4) is 11.4 Å². The van der Waals surface area contributed by atoms with E-state index < -0.39 is 0 Å². The van der Waals surface area contributed by atoms with E-state index in [9.17, 15) is 4.39 Å². The van der Waals surface area contributed by atoms with Crippen LogP contribution in [-0.4, -0.2) is 23.1 Å². The molecule has 0 spiro atoms. The minimum absolute atomic E-state index is 0.262. The molecule has 4 nitrogen and oxygen atoms in total. The third-order valence-corrected chi connectivity index (χ3v) is 3.95. The Kier molecular flexibility index (Phi) is 5.23. The van der Waals surface area contributed by atoms with Gasteiger partial charge in [-0.05, 0) is 38.1 Å². The lowest BCUT2D eigenvalue weighted by Gasteiger charge is -2.21. The average Bonchev–Trinajstić information content (AvgIpc) is 2.65. The van der Waals surface area contributed by atoms with Crippen molar-refractivity contribution in [1.82, 2.24) is 9.97 Å². The quantitative estimate of drug-likeness (QED) is 0.697. The summed E-state index contributed by atoms with van der Waals surface area (Å²) in [6.07, 6.45) is 0. The molecule has 0 unspecified atom stereocenters. The van der Waals surface area contributed by atoms with E-state index >= 15 is 0 Å². The van der Waals surface area contributed by atoms with Gasteiger partial charge in [-0.3, -0.25) is 0 Å². The Hall–Kier alpha value is -2.95. The molecule has 0 radical (unpaired) electrons. The molecular formula is C20H21FN4. The van der Waals surface area contributed by atoms with Gasteiger partial charge >= 0.3 is 0 Å². The zero-order chi connectivity index (χ0) is 17.6. The molecule has 0 fully saturated rings. The van der Waals surface area contributed by atoms with Gasteiger partial charge in [-0.15, -0.1) is 0 Å². The highest BCUT2D eigenvalue weighted by molar-refractivity contribution is 5.65. The first-order valence-electron chi connectivity index (χ1n) is 8.41. The lowest BCUT2D eigenvalue weighted by Crippen LogP contribution is -2.23. The van der Waals surface area contributed by atoms with Crippen molar-refractivity contribution < 1.29 is 4.39 Å². The highest BCUT2D eigenvalue weighted by Gasteiger charge is 2.11. The van der Waals surface area contributed by atoms with Crippen molar-refractivity contribution in [2.45, 2.75) is 13.8 Å².